The minimum absolute atomic E-state index is 0.0454. The fourth-order valence-corrected chi connectivity index (χ4v) is 2.30. The molecule has 1 fully saturated rings. The average Bonchev–Trinajstić information content (AvgIpc) is 2.08. The van der Waals surface area contributed by atoms with Gasteiger partial charge in [0, 0.05) is 0 Å². The van der Waals surface area contributed by atoms with Gasteiger partial charge in [-0.05, 0) is 12.2 Å². The van der Waals surface area contributed by atoms with Gasteiger partial charge in [0.1, 0.15) is 6.54 Å². The van der Waals surface area contributed by atoms with Crippen LogP contribution in [0.1, 0.15) is 19.8 Å². The van der Waals surface area contributed by atoms with E-state index in [4.69, 9.17) is 5.11 Å². The summed E-state index contributed by atoms with van der Waals surface area (Å²) in [5.41, 5.74) is 0. The zero-order chi connectivity index (χ0) is 9.84. The second-order valence-corrected chi connectivity index (χ2v) is 4.23. The Morgan fingerprint density at radius 1 is 1.77 bits per heavy atom. The first-order valence-electron chi connectivity index (χ1n) is 4.28. The molecule has 1 N–H and O–H groups in total. The van der Waals surface area contributed by atoms with Gasteiger partial charge >= 0.3 is 5.97 Å². The smallest absolute Gasteiger partial charge is 0.323 e. The molecule has 0 bridgehead atoms. The van der Waals surface area contributed by atoms with Crippen molar-refractivity contribution in [2.45, 2.75) is 25.1 Å². The maximum absolute atomic E-state index is 11.0. The van der Waals surface area contributed by atoms with Gasteiger partial charge in [-0.1, -0.05) is 6.92 Å². The lowest BCUT2D eigenvalue weighted by atomic mass is 10.2. The van der Waals surface area contributed by atoms with E-state index in [1.807, 2.05) is 0 Å². The van der Waals surface area contributed by atoms with Gasteiger partial charge in [-0.25, -0.2) is 0 Å². The summed E-state index contributed by atoms with van der Waals surface area (Å²) in [5, 5.41) is 8.61. The predicted octanol–water partition coefficient (Wildman–Crippen LogP) is 0.773. The van der Waals surface area contributed by atoms with E-state index >= 15 is 0 Å². The number of rotatable bonds is 5. The summed E-state index contributed by atoms with van der Waals surface area (Å²) in [7, 11) is 0. The molecule has 4 nitrogen and oxygen atoms in total. The Balaban J connectivity index is 2.32. The lowest BCUT2D eigenvalue weighted by Crippen LogP contribution is -2.52. The lowest BCUT2D eigenvalue weighted by molar-refractivity contribution is -0.151. The average molecular weight is 203 g/mol. The maximum Gasteiger partial charge on any atom is 0.323 e. The van der Waals surface area contributed by atoms with Crippen molar-refractivity contribution in [3.8, 4) is 0 Å². The number of amides is 1. The molecule has 13 heavy (non-hydrogen) atoms. The number of hydrogen-bond acceptors (Lipinski definition) is 3. The Hall–Kier alpha value is -0.710. The van der Waals surface area contributed by atoms with E-state index in [9.17, 15) is 9.59 Å². The summed E-state index contributed by atoms with van der Waals surface area (Å²) in [6, 6.07) is 0. The molecule has 0 aromatic carbocycles. The highest BCUT2D eigenvalue weighted by Gasteiger charge is 2.36. The number of aliphatic carboxylic acids is 1. The molecule has 0 spiro atoms. The first kappa shape index (κ1) is 10.4. The van der Waals surface area contributed by atoms with Crippen LogP contribution in [0.2, 0.25) is 0 Å². The van der Waals surface area contributed by atoms with Gasteiger partial charge in [0.15, 0.2) is 0 Å². The van der Waals surface area contributed by atoms with Crippen molar-refractivity contribution in [3.05, 3.63) is 0 Å². The zero-order valence-corrected chi connectivity index (χ0v) is 8.34. The zero-order valence-electron chi connectivity index (χ0n) is 7.52. The van der Waals surface area contributed by atoms with Crippen LogP contribution < -0.4 is 0 Å². The Bertz CT molecular complexity index is 219. The molecule has 5 heteroatoms. The van der Waals surface area contributed by atoms with E-state index in [-0.39, 0.29) is 17.8 Å². The second kappa shape index (κ2) is 4.50. The molecule has 1 amide bonds. The van der Waals surface area contributed by atoms with E-state index in [0.717, 1.165) is 12.2 Å². The van der Waals surface area contributed by atoms with Crippen LogP contribution in [0.15, 0.2) is 0 Å². The van der Waals surface area contributed by atoms with E-state index in [1.54, 1.807) is 11.8 Å². The van der Waals surface area contributed by atoms with Gasteiger partial charge < -0.3 is 10.0 Å². The Morgan fingerprint density at radius 2 is 2.46 bits per heavy atom. The van der Waals surface area contributed by atoms with Gasteiger partial charge in [0.2, 0.25) is 5.91 Å². The van der Waals surface area contributed by atoms with Crippen LogP contribution in [-0.2, 0) is 9.59 Å². The molecule has 74 valence electrons. The highest BCUT2D eigenvalue weighted by molar-refractivity contribution is 7.99. The molecule has 1 saturated heterocycles. The van der Waals surface area contributed by atoms with Gasteiger partial charge in [0.25, 0.3) is 0 Å². The highest BCUT2D eigenvalue weighted by atomic mass is 32.2. The van der Waals surface area contributed by atoms with Crippen LogP contribution in [0.25, 0.3) is 0 Å². The van der Waals surface area contributed by atoms with Crippen LogP contribution in [0.5, 0.6) is 0 Å². The third-order valence-electron chi connectivity index (χ3n) is 1.84. The molecule has 0 radical (unpaired) electrons. The summed E-state index contributed by atoms with van der Waals surface area (Å²) in [6.45, 7) is 1.91. The molecule has 1 aliphatic heterocycles. The third-order valence-corrected chi connectivity index (χ3v) is 3.29. The molecule has 0 saturated carbocycles. The van der Waals surface area contributed by atoms with Crippen LogP contribution >= 0.6 is 11.8 Å². The summed E-state index contributed by atoms with van der Waals surface area (Å²) in [5.74, 6) is -0.000191. The number of likely N-dealkylation sites (tertiary alicyclic amines) is 1. The van der Waals surface area contributed by atoms with E-state index in [2.05, 4.69) is 6.92 Å². The van der Waals surface area contributed by atoms with Gasteiger partial charge in [0.05, 0.1) is 11.8 Å². The molecule has 0 aromatic rings. The summed E-state index contributed by atoms with van der Waals surface area (Å²) < 4.78 is 0. The fraction of sp³-hybridized carbons (Fsp3) is 0.750. The van der Waals surface area contributed by atoms with E-state index in [1.165, 1.54) is 4.90 Å². The van der Waals surface area contributed by atoms with E-state index < -0.39 is 5.97 Å². The number of carboxylic acids is 1. The monoisotopic (exact) mass is 203 g/mol. The molecular weight excluding hydrogens is 190 g/mol. The molecule has 1 heterocycles. The Kier molecular flexibility index (Phi) is 3.59. The number of nitrogens with zero attached hydrogens (tertiary/aromatic N) is 1. The van der Waals surface area contributed by atoms with E-state index in [0.29, 0.717) is 6.42 Å². The minimum atomic E-state index is -0.935. The molecule has 0 aliphatic carbocycles. The largest absolute Gasteiger partial charge is 0.480 e. The first-order valence-corrected chi connectivity index (χ1v) is 5.33. The third kappa shape index (κ3) is 2.62. The van der Waals surface area contributed by atoms with Crippen LogP contribution in [0.3, 0.4) is 0 Å². The second-order valence-electron chi connectivity index (χ2n) is 2.94. The number of thioether (sulfide) groups is 1. The quantitative estimate of drug-likeness (QED) is 0.671. The van der Waals surface area contributed by atoms with Crippen LogP contribution in [-0.4, -0.2) is 39.6 Å². The van der Waals surface area contributed by atoms with Gasteiger partial charge in [-0.15, -0.1) is 11.8 Å². The molecule has 1 atom stereocenters. The van der Waals surface area contributed by atoms with Crippen molar-refractivity contribution in [2.24, 2.45) is 0 Å². The molecule has 0 aromatic heterocycles. The number of hydrogen-bond donors (Lipinski definition) is 1. The van der Waals surface area contributed by atoms with Crippen molar-refractivity contribution in [3.63, 3.8) is 0 Å². The minimum Gasteiger partial charge on any atom is -0.480 e. The van der Waals surface area contributed by atoms with Crippen molar-refractivity contribution < 1.29 is 14.7 Å². The highest BCUT2D eigenvalue weighted by Crippen LogP contribution is 2.29. The summed E-state index contributed by atoms with van der Waals surface area (Å²) >= 11 is 1.66. The Labute approximate surface area is 81.3 Å². The summed E-state index contributed by atoms with van der Waals surface area (Å²) in [6.07, 6.45) is 1.55. The number of carboxylic acid groups (broad SMARTS) is 1. The van der Waals surface area contributed by atoms with Crippen LogP contribution in [0.4, 0.5) is 0 Å². The predicted molar refractivity (Wildman–Crippen MR) is 50.5 cm³/mol. The van der Waals surface area contributed by atoms with Crippen molar-refractivity contribution >= 4 is 23.6 Å². The Morgan fingerprint density at radius 3 is 2.92 bits per heavy atom. The lowest BCUT2D eigenvalue weighted by Gasteiger charge is -2.38. The topological polar surface area (TPSA) is 57.6 Å². The summed E-state index contributed by atoms with van der Waals surface area (Å²) in [4.78, 5) is 22.8. The van der Waals surface area contributed by atoms with Crippen LogP contribution in [0, 0.1) is 0 Å². The SMILES string of the molecule is CCCS[C@@H]1CC(=O)N1CC(=O)O. The fourth-order valence-electron chi connectivity index (χ4n) is 1.16. The van der Waals surface area contributed by atoms with Crippen molar-refractivity contribution in [1.29, 1.82) is 0 Å². The molecular formula is C8H13NO3S. The first-order chi connectivity index (χ1) is 6.15. The maximum atomic E-state index is 11.0. The standard InChI is InChI=1S/C8H13NO3S/c1-2-3-13-7-4-6(10)9(7)5-8(11)12/h7H,2-5H2,1H3,(H,11,12)/t7-/m1/s1. The molecule has 1 rings (SSSR count). The molecule has 0 unspecified atom stereocenters. The van der Waals surface area contributed by atoms with Gasteiger partial charge in [-0.2, -0.15) is 0 Å². The van der Waals surface area contributed by atoms with Gasteiger partial charge in [-0.3, -0.25) is 9.59 Å². The number of β-lactam (4-membered cyclic amide) rings is 1. The molecule has 1 aliphatic rings. The van der Waals surface area contributed by atoms with Crippen molar-refractivity contribution in [1.82, 2.24) is 4.90 Å². The van der Waals surface area contributed by atoms with Crippen molar-refractivity contribution in [2.75, 3.05) is 12.3 Å². The normalized spacial score (nSPS) is 21.5. The number of carbonyl (C=O) groups excluding carboxylic acids is 1. The number of carbonyl (C=O) groups is 2.